The van der Waals surface area contributed by atoms with Crippen LogP contribution in [0.15, 0.2) is 36.4 Å². The normalized spacial score (nSPS) is 12.2. The summed E-state index contributed by atoms with van der Waals surface area (Å²) in [6.07, 6.45) is -5.36. The van der Waals surface area contributed by atoms with Gasteiger partial charge >= 0.3 is 12.1 Å². The first kappa shape index (κ1) is 21.7. The van der Waals surface area contributed by atoms with Crippen molar-refractivity contribution in [3.63, 3.8) is 0 Å². The number of carbonyl (C=O) groups excluding carboxylic acids is 1. The van der Waals surface area contributed by atoms with Crippen LogP contribution < -0.4 is 14.2 Å². The Morgan fingerprint density at radius 1 is 1.11 bits per heavy atom. The summed E-state index contributed by atoms with van der Waals surface area (Å²) in [6.45, 7) is 3.59. The Morgan fingerprint density at radius 3 is 2.36 bits per heavy atom. The fourth-order valence-electron chi connectivity index (χ4n) is 2.21. The standard InChI is InChI=1S/C19H18ClF3O5/c1-4-26-17-10-13(6-8-16(17)27-11(2)18(24)25-3)28-15-7-5-12(9-14(15)20)19(21,22)23/h5-11H,4H2,1-3H3. The van der Waals surface area contributed by atoms with Gasteiger partial charge in [0.25, 0.3) is 0 Å². The number of ether oxygens (including phenoxy) is 4. The molecule has 0 bridgehead atoms. The highest BCUT2D eigenvalue weighted by Gasteiger charge is 2.31. The van der Waals surface area contributed by atoms with Gasteiger partial charge in [0.2, 0.25) is 0 Å². The number of rotatable bonds is 7. The third-order valence-electron chi connectivity index (χ3n) is 3.54. The lowest BCUT2D eigenvalue weighted by Gasteiger charge is -2.17. The zero-order valence-electron chi connectivity index (χ0n) is 15.3. The monoisotopic (exact) mass is 418 g/mol. The van der Waals surface area contributed by atoms with Gasteiger partial charge in [-0.1, -0.05) is 11.6 Å². The Hall–Kier alpha value is -2.61. The molecule has 2 aromatic rings. The number of carbonyl (C=O) groups is 1. The van der Waals surface area contributed by atoms with Gasteiger partial charge in [-0.05, 0) is 44.2 Å². The van der Waals surface area contributed by atoms with Crippen molar-refractivity contribution in [2.45, 2.75) is 26.1 Å². The summed E-state index contributed by atoms with van der Waals surface area (Å²) < 4.78 is 59.4. The molecule has 9 heteroatoms. The van der Waals surface area contributed by atoms with Crippen LogP contribution in [0.3, 0.4) is 0 Å². The van der Waals surface area contributed by atoms with E-state index in [1.807, 2.05) is 0 Å². The van der Waals surface area contributed by atoms with Crippen molar-refractivity contribution < 1.29 is 36.9 Å². The highest BCUT2D eigenvalue weighted by Crippen LogP contribution is 2.38. The minimum absolute atomic E-state index is 0.0497. The molecule has 2 rings (SSSR count). The molecule has 0 aliphatic heterocycles. The minimum atomic E-state index is -4.50. The Kier molecular flexibility index (Phi) is 7.01. The van der Waals surface area contributed by atoms with Crippen molar-refractivity contribution >= 4 is 17.6 Å². The Labute approximate surface area is 164 Å². The highest BCUT2D eigenvalue weighted by atomic mass is 35.5. The second kappa shape index (κ2) is 9.05. The molecule has 0 N–H and O–H groups in total. The first-order valence-corrected chi connectivity index (χ1v) is 8.59. The van der Waals surface area contributed by atoms with Gasteiger partial charge in [0, 0.05) is 6.07 Å². The molecule has 1 unspecified atom stereocenters. The van der Waals surface area contributed by atoms with E-state index in [1.54, 1.807) is 6.92 Å². The fraction of sp³-hybridized carbons (Fsp3) is 0.316. The number of halogens is 4. The van der Waals surface area contributed by atoms with Crippen LogP contribution in [0.5, 0.6) is 23.0 Å². The third-order valence-corrected chi connectivity index (χ3v) is 3.83. The Morgan fingerprint density at radius 2 is 1.79 bits per heavy atom. The van der Waals surface area contributed by atoms with E-state index in [0.717, 1.165) is 18.2 Å². The average Bonchev–Trinajstić information content (AvgIpc) is 2.64. The molecule has 0 amide bonds. The van der Waals surface area contributed by atoms with Gasteiger partial charge in [0.1, 0.15) is 11.5 Å². The van der Waals surface area contributed by atoms with E-state index in [4.69, 9.17) is 25.8 Å². The van der Waals surface area contributed by atoms with E-state index in [-0.39, 0.29) is 22.3 Å². The molecule has 0 aliphatic carbocycles. The second-order valence-corrected chi connectivity index (χ2v) is 5.98. The second-order valence-electron chi connectivity index (χ2n) is 5.57. The summed E-state index contributed by atoms with van der Waals surface area (Å²) in [6, 6.07) is 7.30. The molecule has 0 spiro atoms. The Balaban J connectivity index is 2.25. The number of benzene rings is 2. The number of methoxy groups -OCH3 is 1. The molecule has 28 heavy (non-hydrogen) atoms. The number of hydrogen-bond acceptors (Lipinski definition) is 5. The Bertz CT molecular complexity index is 839. The molecule has 0 fully saturated rings. The molecule has 1 atom stereocenters. The molecule has 5 nitrogen and oxygen atoms in total. The van der Waals surface area contributed by atoms with Crippen LogP contribution in [0.2, 0.25) is 5.02 Å². The first-order chi connectivity index (χ1) is 13.2. The zero-order chi connectivity index (χ0) is 20.9. The van der Waals surface area contributed by atoms with Crippen molar-refractivity contribution in [1.82, 2.24) is 0 Å². The van der Waals surface area contributed by atoms with Crippen molar-refractivity contribution in [2.24, 2.45) is 0 Å². The van der Waals surface area contributed by atoms with Gasteiger partial charge in [-0.15, -0.1) is 0 Å². The quantitative estimate of drug-likeness (QED) is 0.556. The van der Waals surface area contributed by atoms with E-state index in [1.165, 1.54) is 32.2 Å². The van der Waals surface area contributed by atoms with Crippen LogP contribution >= 0.6 is 11.6 Å². The topological polar surface area (TPSA) is 54.0 Å². The van der Waals surface area contributed by atoms with Gasteiger partial charge in [0.05, 0.1) is 24.3 Å². The van der Waals surface area contributed by atoms with Gasteiger partial charge in [-0.25, -0.2) is 4.79 Å². The maximum absolute atomic E-state index is 12.7. The summed E-state index contributed by atoms with van der Waals surface area (Å²) in [5.41, 5.74) is -0.875. The van der Waals surface area contributed by atoms with Crippen molar-refractivity contribution in [1.29, 1.82) is 0 Å². The van der Waals surface area contributed by atoms with Crippen LogP contribution in [0.1, 0.15) is 19.4 Å². The van der Waals surface area contributed by atoms with E-state index in [2.05, 4.69) is 4.74 Å². The molecule has 0 aliphatic rings. The van der Waals surface area contributed by atoms with Gasteiger partial charge < -0.3 is 18.9 Å². The molecule has 0 radical (unpaired) electrons. The molecular formula is C19H18ClF3O5. The van der Waals surface area contributed by atoms with E-state index < -0.39 is 23.8 Å². The average molecular weight is 419 g/mol. The van der Waals surface area contributed by atoms with E-state index in [0.29, 0.717) is 12.4 Å². The molecule has 0 heterocycles. The molecule has 152 valence electrons. The maximum atomic E-state index is 12.7. The summed E-state index contributed by atoms with van der Waals surface area (Å²) in [5, 5.41) is -0.188. The van der Waals surface area contributed by atoms with Gasteiger partial charge in [0.15, 0.2) is 17.6 Å². The predicted molar refractivity (Wildman–Crippen MR) is 96.2 cm³/mol. The summed E-state index contributed by atoms with van der Waals surface area (Å²) in [4.78, 5) is 11.5. The smallest absolute Gasteiger partial charge is 0.416 e. The summed E-state index contributed by atoms with van der Waals surface area (Å²) in [5.74, 6) is 0.334. The van der Waals surface area contributed by atoms with Crippen molar-refractivity contribution in [3.8, 4) is 23.0 Å². The van der Waals surface area contributed by atoms with Crippen LogP contribution in [0, 0.1) is 0 Å². The van der Waals surface area contributed by atoms with Crippen molar-refractivity contribution in [3.05, 3.63) is 47.0 Å². The lowest BCUT2D eigenvalue weighted by atomic mass is 10.2. The predicted octanol–water partition coefficient (Wildman–Crippen LogP) is 5.49. The molecular weight excluding hydrogens is 401 g/mol. The maximum Gasteiger partial charge on any atom is 0.416 e. The van der Waals surface area contributed by atoms with Crippen molar-refractivity contribution in [2.75, 3.05) is 13.7 Å². The van der Waals surface area contributed by atoms with Gasteiger partial charge in [-0.3, -0.25) is 0 Å². The number of alkyl halides is 3. The molecule has 0 saturated carbocycles. The summed E-state index contributed by atoms with van der Waals surface area (Å²) in [7, 11) is 1.25. The lowest BCUT2D eigenvalue weighted by Crippen LogP contribution is -2.25. The highest BCUT2D eigenvalue weighted by molar-refractivity contribution is 6.32. The van der Waals surface area contributed by atoms with Crippen LogP contribution in [-0.4, -0.2) is 25.8 Å². The first-order valence-electron chi connectivity index (χ1n) is 8.21. The van der Waals surface area contributed by atoms with Gasteiger partial charge in [-0.2, -0.15) is 13.2 Å². The number of hydrogen-bond donors (Lipinski definition) is 0. The molecule has 0 aromatic heterocycles. The lowest BCUT2D eigenvalue weighted by molar-refractivity contribution is -0.148. The SMILES string of the molecule is CCOc1cc(Oc2ccc(C(F)(F)F)cc2Cl)ccc1OC(C)C(=O)OC. The van der Waals surface area contributed by atoms with E-state index in [9.17, 15) is 18.0 Å². The van der Waals surface area contributed by atoms with Crippen LogP contribution in [0.25, 0.3) is 0 Å². The zero-order valence-corrected chi connectivity index (χ0v) is 16.1. The summed E-state index contributed by atoms with van der Waals surface area (Å²) >= 11 is 5.90. The van der Waals surface area contributed by atoms with E-state index >= 15 is 0 Å². The largest absolute Gasteiger partial charge is 0.490 e. The minimum Gasteiger partial charge on any atom is -0.490 e. The van der Waals surface area contributed by atoms with Crippen LogP contribution in [0.4, 0.5) is 13.2 Å². The fourth-order valence-corrected chi connectivity index (χ4v) is 2.43. The number of esters is 1. The molecule has 2 aromatic carbocycles. The third kappa shape index (κ3) is 5.45. The molecule has 0 saturated heterocycles. The van der Waals surface area contributed by atoms with Crippen LogP contribution in [-0.2, 0) is 15.7 Å².